The summed E-state index contributed by atoms with van der Waals surface area (Å²) in [6.45, 7) is 2.15. The van der Waals surface area contributed by atoms with E-state index in [1.165, 1.54) is 11.8 Å². The Balaban J connectivity index is 1.44. The number of nitrogens with one attached hydrogen (secondary N) is 1. The van der Waals surface area contributed by atoms with Crippen molar-refractivity contribution in [3.05, 3.63) is 65.4 Å². The summed E-state index contributed by atoms with van der Waals surface area (Å²) in [5, 5.41) is 12.6. The van der Waals surface area contributed by atoms with E-state index in [-0.39, 0.29) is 17.8 Å². The fourth-order valence-electron chi connectivity index (χ4n) is 2.87. The number of hydrogen-bond donors (Lipinski definition) is 1. The van der Waals surface area contributed by atoms with Crippen molar-refractivity contribution in [3.63, 3.8) is 0 Å². The summed E-state index contributed by atoms with van der Waals surface area (Å²) >= 11 is 7.57. The number of thioether (sulfide) groups is 1. The Kier molecular flexibility index (Phi) is 6.06. The van der Waals surface area contributed by atoms with E-state index in [4.69, 9.17) is 16.3 Å². The third-order valence-corrected chi connectivity index (χ3v) is 5.90. The Morgan fingerprint density at radius 3 is 2.66 bits per heavy atom. The summed E-state index contributed by atoms with van der Waals surface area (Å²) < 4.78 is 7.93. The summed E-state index contributed by atoms with van der Waals surface area (Å²) in [7, 11) is 0. The second kappa shape index (κ2) is 8.88. The highest BCUT2D eigenvalue weighted by molar-refractivity contribution is 8.00. The smallest absolute Gasteiger partial charge is 0.237 e. The Hall–Kier alpha value is -2.51. The number of carbonyl (C=O) groups excluding carboxylic acids is 1. The highest BCUT2D eigenvalue weighted by Crippen LogP contribution is 2.40. The van der Waals surface area contributed by atoms with Crippen LogP contribution in [0.4, 0.5) is 5.69 Å². The molecule has 0 saturated heterocycles. The number of hydrogen-bond acceptors (Lipinski definition) is 5. The van der Waals surface area contributed by atoms with Crippen molar-refractivity contribution < 1.29 is 9.53 Å². The SMILES string of the molecule is CC(Sc1nnc(COc2ccccc2Cl)n1C1CC1)C(=O)Nc1ccccc1. The number of rotatable bonds is 8. The van der Waals surface area contributed by atoms with E-state index < -0.39 is 0 Å². The molecule has 0 spiro atoms. The van der Waals surface area contributed by atoms with Gasteiger partial charge < -0.3 is 10.1 Å². The zero-order valence-corrected chi connectivity index (χ0v) is 17.5. The molecule has 2 aromatic carbocycles. The number of aromatic nitrogens is 3. The van der Waals surface area contributed by atoms with Gasteiger partial charge in [0.05, 0.1) is 10.3 Å². The van der Waals surface area contributed by atoms with Crippen LogP contribution < -0.4 is 10.1 Å². The van der Waals surface area contributed by atoms with Crippen LogP contribution in [0.5, 0.6) is 5.75 Å². The van der Waals surface area contributed by atoms with E-state index in [0.717, 1.165) is 29.5 Å². The van der Waals surface area contributed by atoms with Crippen LogP contribution in [-0.4, -0.2) is 25.9 Å². The van der Waals surface area contributed by atoms with Crippen LogP contribution in [0.15, 0.2) is 59.8 Å². The van der Waals surface area contributed by atoms with E-state index in [1.807, 2.05) is 55.5 Å². The highest BCUT2D eigenvalue weighted by Gasteiger charge is 2.31. The predicted octanol–water partition coefficient (Wildman–Crippen LogP) is 4.96. The molecule has 8 heteroatoms. The lowest BCUT2D eigenvalue weighted by molar-refractivity contribution is -0.115. The van der Waals surface area contributed by atoms with Crippen LogP contribution in [0.25, 0.3) is 0 Å². The molecule has 6 nitrogen and oxygen atoms in total. The molecule has 1 fully saturated rings. The topological polar surface area (TPSA) is 69.0 Å². The number of amides is 1. The highest BCUT2D eigenvalue weighted by atomic mass is 35.5. The molecule has 1 saturated carbocycles. The van der Waals surface area contributed by atoms with E-state index in [2.05, 4.69) is 20.1 Å². The molecule has 1 amide bonds. The molecule has 3 aromatic rings. The Morgan fingerprint density at radius 1 is 1.21 bits per heavy atom. The van der Waals surface area contributed by atoms with Crippen LogP contribution in [0.2, 0.25) is 5.02 Å². The van der Waals surface area contributed by atoms with E-state index in [9.17, 15) is 4.79 Å². The van der Waals surface area contributed by atoms with Gasteiger partial charge in [0, 0.05) is 11.7 Å². The average molecular weight is 429 g/mol. The first kappa shape index (κ1) is 19.8. The molecule has 1 aliphatic carbocycles. The summed E-state index contributed by atoms with van der Waals surface area (Å²) in [5.41, 5.74) is 0.780. The fraction of sp³-hybridized carbons (Fsp3) is 0.286. The van der Waals surface area contributed by atoms with Gasteiger partial charge in [0.15, 0.2) is 11.0 Å². The zero-order chi connectivity index (χ0) is 20.2. The third kappa shape index (κ3) is 4.92. The molecule has 29 heavy (non-hydrogen) atoms. The van der Waals surface area contributed by atoms with E-state index in [1.54, 1.807) is 6.07 Å². The van der Waals surface area contributed by atoms with Gasteiger partial charge in [-0.15, -0.1) is 10.2 Å². The number of benzene rings is 2. The standard InChI is InChI=1S/C21H21ClN4O2S/c1-14(20(27)23-15-7-3-2-4-8-15)29-21-25-24-19(26(21)16-11-12-16)13-28-18-10-6-5-9-17(18)22/h2-10,14,16H,11-13H2,1H3,(H,23,27). The van der Waals surface area contributed by atoms with Crippen LogP contribution in [0.3, 0.4) is 0 Å². The zero-order valence-electron chi connectivity index (χ0n) is 15.9. The Morgan fingerprint density at radius 2 is 1.93 bits per heavy atom. The van der Waals surface area contributed by atoms with Gasteiger partial charge in [-0.3, -0.25) is 9.36 Å². The molecule has 4 rings (SSSR count). The molecular formula is C21H21ClN4O2S. The lowest BCUT2D eigenvalue weighted by Crippen LogP contribution is -2.23. The number of para-hydroxylation sites is 2. The van der Waals surface area contributed by atoms with Crippen LogP contribution in [0.1, 0.15) is 31.6 Å². The molecule has 1 unspecified atom stereocenters. The molecule has 150 valence electrons. The van der Waals surface area contributed by atoms with Gasteiger partial charge in [0.2, 0.25) is 5.91 Å². The van der Waals surface area contributed by atoms with Crippen molar-refractivity contribution in [1.82, 2.24) is 14.8 Å². The van der Waals surface area contributed by atoms with Gasteiger partial charge in [0.25, 0.3) is 0 Å². The quantitative estimate of drug-likeness (QED) is 0.513. The van der Waals surface area contributed by atoms with Crippen LogP contribution >= 0.6 is 23.4 Å². The lowest BCUT2D eigenvalue weighted by atomic mass is 10.3. The first-order chi connectivity index (χ1) is 14.1. The molecule has 1 N–H and O–H groups in total. The average Bonchev–Trinajstić information content (AvgIpc) is 3.49. The molecule has 0 bridgehead atoms. The van der Waals surface area contributed by atoms with Crippen molar-refractivity contribution in [2.75, 3.05) is 5.32 Å². The minimum absolute atomic E-state index is 0.0691. The molecule has 1 atom stereocenters. The second-order valence-corrected chi connectivity index (χ2v) is 8.55. The summed E-state index contributed by atoms with van der Waals surface area (Å²) in [6, 6.07) is 17.1. The predicted molar refractivity (Wildman–Crippen MR) is 114 cm³/mol. The number of ether oxygens (including phenoxy) is 1. The lowest BCUT2D eigenvalue weighted by Gasteiger charge is -2.14. The number of carbonyl (C=O) groups is 1. The van der Waals surface area contributed by atoms with Crippen molar-refractivity contribution >= 4 is 35.0 Å². The largest absolute Gasteiger partial charge is 0.484 e. The minimum Gasteiger partial charge on any atom is -0.484 e. The van der Waals surface area contributed by atoms with Gasteiger partial charge in [-0.05, 0) is 44.0 Å². The minimum atomic E-state index is -0.311. The van der Waals surface area contributed by atoms with Crippen molar-refractivity contribution in [2.45, 2.75) is 42.8 Å². The normalized spacial score (nSPS) is 14.4. The van der Waals surface area contributed by atoms with Gasteiger partial charge in [-0.1, -0.05) is 53.7 Å². The van der Waals surface area contributed by atoms with Gasteiger partial charge in [-0.25, -0.2) is 0 Å². The molecule has 1 heterocycles. The molecule has 1 aliphatic rings. The van der Waals surface area contributed by atoms with Crippen molar-refractivity contribution in [2.24, 2.45) is 0 Å². The van der Waals surface area contributed by atoms with E-state index >= 15 is 0 Å². The number of nitrogens with zero attached hydrogens (tertiary/aromatic N) is 3. The van der Waals surface area contributed by atoms with E-state index in [0.29, 0.717) is 16.8 Å². The molecule has 0 radical (unpaired) electrons. The number of halogens is 1. The molecule has 1 aromatic heterocycles. The second-order valence-electron chi connectivity index (χ2n) is 6.83. The fourth-order valence-corrected chi connectivity index (χ4v) is 4.00. The maximum Gasteiger partial charge on any atom is 0.237 e. The van der Waals surface area contributed by atoms with Gasteiger partial charge >= 0.3 is 0 Å². The monoisotopic (exact) mass is 428 g/mol. The third-order valence-electron chi connectivity index (χ3n) is 4.53. The molecule has 0 aliphatic heterocycles. The van der Waals surface area contributed by atoms with Crippen LogP contribution in [0, 0.1) is 0 Å². The Bertz CT molecular complexity index is 991. The first-order valence-electron chi connectivity index (χ1n) is 9.45. The summed E-state index contributed by atoms with van der Waals surface area (Å²) in [5.74, 6) is 1.29. The van der Waals surface area contributed by atoms with Gasteiger partial charge in [0.1, 0.15) is 12.4 Å². The summed E-state index contributed by atoms with van der Waals surface area (Å²) in [4.78, 5) is 12.5. The van der Waals surface area contributed by atoms with Crippen molar-refractivity contribution in [3.8, 4) is 5.75 Å². The molecular weight excluding hydrogens is 408 g/mol. The van der Waals surface area contributed by atoms with Crippen molar-refractivity contribution in [1.29, 1.82) is 0 Å². The Labute approximate surface area is 178 Å². The summed E-state index contributed by atoms with van der Waals surface area (Å²) in [6.07, 6.45) is 2.16. The van der Waals surface area contributed by atoms with Crippen LogP contribution in [-0.2, 0) is 11.4 Å². The van der Waals surface area contributed by atoms with Gasteiger partial charge in [-0.2, -0.15) is 0 Å². The maximum atomic E-state index is 12.5. The number of anilines is 1. The first-order valence-corrected chi connectivity index (χ1v) is 10.7. The maximum absolute atomic E-state index is 12.5.